The minimum atomic E-state index is -0.242. The fraction of sp³-hybridized carbons (Fsp3) is 0.227. The van der Waals surface area contributed by atoms with Crippen molar-refractivity contribution < 1.29 is 9.53 Å². The largest absolute Gasteiger partial charge is 0.497 e. The van der Waals surface area contributed by atoms with Gasteiger partial charge in [-0.2, -0.15) is 0 Å². The van der Waals surface area contributed by atoms with Gasteiger partial charge in [0.25, 0.3) is 5.91 Å². The summed E-state index contributed by atoms with van der Waals surface area (Å²) in [6, 6.07) is 17.3. The summed E-state index contributed by atoms with van der Waals surface area (Å²) in [5.74, 6) is 1.16. The number of ether oxygens (including phenoxy) is 1. The molecule has 0 unspecified atom stereocenters. The monoisotopic (exact) mass is 376 g/mol. The SMILES string of the molecule is COc1cccc(CCNC(=O)c2ccc(Nc3ccc(C)c(C)c3)nn2)c1. The molecule has 3 aromatic rings. The Morgan fingerprint density at radius 1 is 1.00 bits per heavy atom. The van der Waals surface area contributed by atoms with Crippen LogP contribution >= 0.6 is 0 Å². The molecule has 0 saturated heterocycles. The number of aromatic nitrogens is 2. The van der Waals surface area contributed by atoms with E-state index in [1.54, 1.807) is 19.2 Å². The summed E-state index contributed by atoms with van der Waals surface area (Å²) in [7, 11) is 1.64. The summed E-state index contributed by atoms with van der Waals surface area (Å²) in [5, 5.41) is 14.2. The van der Waals surface area contributed by atoms with Crippen LogP contribution in [0.25, 0.3) is 0 Å². The zero-order valence-corrected chi connectivity index (χ0v) is 16.3. The van der Waals surface area contributed by atoms with Crippen LogP contribution in [0.1, 0.15) is 27.2 Å². The lowest BCUT2D eigenvalue weighted by Gasteiger charge is -2.08. The highest BCUT2D eigenvalue weighted by Gasteiger charge is 2.08. The van der Waals surface area contributed by atoms with Crippen LogP contribution in [0.4, 0.5) is 11.5 Å². The van der Waals surface area contributed by atoms with E-state index in [0.717, 1.165) is 17.0 Å². The molecule has 0 aliphatic heterocycles. The Hall–Kier alpha value is -3.41. The number of nitrogens with one attached hydrogen (secondary N) is 2. The maximum Gasteiger partial charge on any atom is 0.271 e. The van der Waals surface area contributed by atoms with Gasteiger partial charge < -0.3 is 15.4 Å². The second kappa shape index (κ2) is 8.99. The fourth-order valence-electron chi connectivity index (χ4n) is 2.73. The van der Waals surface area contributed by atoms with E-state index in [0.29, 0.717) is 18.8 Å². The molecule has 1 amide bonds. The highest BCUT2D eigenvalue weighted by atomic mass is 16.5. The molecule has 0 radical (unpaired) electrons. The highest BCUT2D eigenvalue weighted by Crippen LogP contribution is 2.18. The normalized spacial score (nSPS) is 10.4. The molecule has 0 aliphatic rings. The standard InChI is InChI=1S/C22H24N4O2/c1-15-7-8-18(13-16(15)2)24-21-10-9-20(25-26-21)22(27)23-12-11-17-5-4-6-19(14-17)28-3/h4-10,13-14H,11-12H2,1-3H3,(H,23,27)(H,24,26). The quantitative estimate of drug-likeness (QED) is 0.656. The second-order valence-electron chi connectivity index (χ2n) is 6.59. The van der Waals surface area contributed by atoms with Gasteiger partial charge in [0.2, 0.25) is 0 Å². The highest BCUT2D eigenvalue weighted by molar-refractivity contribution is 5.92. The number of methoxy groups -OCH3 is 1. The van der Waals surface area contributed by atoms with Crippen molar-refractivity contribution in [2.24, 2.45) is 0 Å². The van der Waals surface area contributed by atoms with Gasteiger partial charge in [-0.25, -0.2) is 0 Å². The van der Waals surface area contributed by atoms with Gasteiger partial charge in [0.05, 0.1) is 7.11 Å². The van der Waals surface area contributed by atoms with Crippen molar-refractivity contribution in [3.63, 3.8) is 0 Å². The number of hydrogen-bond acceptors (Lipinski definition) is 5. The number of rotatable bonds is 7. The van der Waals surface area contributed by atoms with Gasteiger partial charge in [-0.15, -0.1) is 10.2 Å². The molecule has 0 saturated carbocycles. The van der Waals surface area contributed by atoms with E-state index in [1.165, 1.54) is 11.1 Å². The third-order valence-electron chi connectivity index (χ3n) is 4.51. The molecular formula is C22H24N4O2. The smallest absolute Gasteiger partial charge is 0.271 e. The van der Waals surface area contributed by atoms with Crippen LogP contribution in [0.15, 0.2) is 54.6 Å². The number of anilines is 2. The average Bonchev–Trinajstić information content (AvgIpc) is 2.71. The summed E-state index contributed by atoms with van der Waals surface area (Å²) in [5.41, 5.74) is 4.76. The number of carbonyl (C=O) groups is 1. The van der Waals surface area contributed by atoms with Crippen molar-refractivity contribution in [3.8, 4) is 5.75 Å². The Balaban J connectivity index is 1.53. The lowest BCUT2D eigenvalue weighted by atomic mass is 10.1. The van der Waals surface area contributed by atoms with Crippen LogP contribution in [0.5, 0.6) is 5.75 Å². The van der Waals surface area contributed by atoms with Gasteiger partial charge in [-0.3, -0.25) is 4.79 Å². The topological polar surface area (TPSA) is 76.1 Å². The summed E-state index contributed by atoms with van der Waals surface area (Å²) in [4.78, 5) is 12.3. The van der Waals surface area contributed by atoms with Crippen LogP contribution < -0.4 is 15.4 Å². The van der Waals surface area contributed by atoms with Crippen LogP contribution in [-0.4, -0.2) is 29.8 Å². The van der Waals surface area contributed by atoms with Crippen molar-refractivity contribution in [1.82, 2.24) is 15.5 Å². The molecule has 144 valence electrons. The van der Waals surface area contributed by atoms with E-state index in [4.69, 9.17) is 4.74 Å². The predicted octanol–water partition coefficient (Wildman–Crippen LogP) is 3.82. The van der Waals surface area contributed by atoms with Gasteiger partial charge in [0, 0.05) is 12.2 Å². The van der Waals surface area contributed by atoms with Crippen molar-refractivity contribution in [1.29, 1.82) is 0 Å². The van der Waals surface area contributed by atoms with Crippen molar-refractivity contribution >= 4 is 17.4 Å². The van der Waals surface area contributed by atoms with E-state index in [2.05, 4.69) is 46.8 Å². The first-order chi connectivity index (χ1) is 13.5. The predicted molar refractivity (Wildman–Crippen MR) is 110 cm³/mol. The van der Waals surface area contributed by atoms with Gasteiger partial charge in [-0.05, 0) is 73.4 Å². The Kier molecular flexibility index (Phi) is 6.22. The number of benzene rings is 2. The summed E-state index contributed by atoms with van der Waals surface area (Å²) in [6.07, 6.45) is 0.711. The molecule has 0 aliphatic carbocycles. The van der Waals surface area contributed by atoms with Crippen LogP contribution in [-0.2, 0) is 6.42 Å². The molecule has 6 nitrogen and oxygen atoms in total. The number of aryl methyl sites for hydroxylation is 2. The van der Waals surface area contributed by atoms with Crippen LogP contribution in [0.2, 0.25) is 0 Å². The maximum absolute atomic E-state index is 12.3. The minimum absolute atomic E-state index is 0.242. The lowest BCUT2D eigenvalue weighted by Crippen LogP contribution is -2.26. The fourth-order valence-corrected chi connectivity index (χ4v) is 2.73. The first-order valence-electron chi connectivity index (χ1n) is 9.14. The third kappa shape index (κ3) is 5.07. The number of carbonyl (C=O) groups excluding carboxylic acids is 1. The van der Waals surface area contributed by atoms with Crippen molar-refractivity contribution in [2.75, 3.05) is 19.0 Å². The molecule has 2 aromatic carbocycles. The van der Waals surface area contributed by atoms with Gasteiger partial charge >= 0.3 is 0 Å². The maximum atomic E-state index is 12.3. The molecule has 2 N–H and O–H groups in total. The Bertz CT molecular complexity index is 955. The van der Waals surface area contributed by atoms with Crippen LogP contribution in [0.3, 0.4) is 0 Å². The first kappa shape index (κ1) is 19.4. The average molecular weight is 376 g/mol. The summed E-state index contributed by atoms with van der Waals surface area (Å²) < 4.78 is 5.21. The Labute approximate surface area is 165 Å². The van der Waals surface area contributed by atoms with Gasteiger partial charge in [-0.1, -0.05) is 18.2 Å². The zero-order valence-electron chi connectivity index (χ0n) is 16.3. The molecule has 28 heavy (non-hydrogen) atoms. The zero-order chi connectivity index (χ0) is 19.9. The Morgan fingerprint density at radius 3 is 2.57 bits per heavy atom. The molecule has 0 fully saturated rings. The number of nitrogens with zero attached hydrogens (tertiary/aromatic N) is 2. The molecule has 0 spiro atoms. The lowest BCUT2D eigenvalue weighted by molar-refractivity contribution is 0.0948. The molecular weight excluding hydrogens is 352 g/mol. The summed E-state index contributed by atoms with van der Waals surface area (Å²) in [6.45, 7) is 4.64. The van der Waals surface area contributed by atoms with E-state index >= 15 is 0 Å². The first-order valence-corrected chi connectivity index (χ1v) is 9.14. The van der Waals surface area contributed by atoms with Crippen molar-refractivity contribution in [3.05, 3.63) is 77.0 Å². The van der Waals surface area contributed by atoms with Crippen LogP contribution in [0, 0.1) is 13.8 Å². The number of amides is 1. The Morgan fingerprint density at radius 2 is 1.86 bits per heavy atom. The molecule has 0 bridgehead atoms. The second-order valence-corrected chi connectivity index (χ2v) is 6.59. The molecule has 1 heterocycles. The third-order valence-corrected chi connectivity index (χ3v) is 4.51. The van der Waals surface area contributed by atoms with E-state index in [9.17, 15) is 4.79 Å². The molecule has 1 aromatic heterocycles. The van der Waals surface area contributed by atoms with E-state index < -0.39 is 0 Å². The van der Waals surface area contributed by atoms with E-state index in [-0.39, 0.29) is 11.6 Å². The minimum Gasteiger partial charge on any atom is -0.497 e. The van der Waals surface area contributed by atoms with E-state index in [1.807, 2.05) is 30.3 Å². The van der Waals surface area contributed by atoms with Gasteiger partial charge in [0.1, 0.15) is 5.75 Å². The van der Waals surface area contributed by atoms with Crippen molar-refractivity contribution in [2.45, 2.75) is 20.3 Å². The summed E-state index contributed by atoms with van der Waals surface area (Å²) >= 11 is 0. The molecule has 0 atom stereocenters. The number of hydrogen-bond donors (Lipinski definition) is 2. The van der Waals surface area contributed by atoms with Gasteiger partial charge in [0.15, 0.2) is 11.5 Å². The molecule has 6 heteroatoms. The molecule has 3 rings (SSSR count).